The van der Waals surface area contributed by atoms with Crippen LogP contribution in [-0.2, 0) is 0 Å². The van der Waals surface area contributed by atoms with E-state index in [0.717, 1.165) is 19.0 Å². The zero-order chi connectivity index (χ0) is 7.03. The standard InChI is InChI=1S/C8H15NO/c10-6-8-2-4-9-3-1-7(8)5-8/h7,9-10H,1-6H2. The van der Waals surface area contributed by atoms with Crippen molar-refractivity contribution in [2.45, 2.75) is 19.3 Å². The highest BCUT2D eigenvalue weighted by atomic mass is 16.3. The lowest BCUT2D eigenvalue weighted by Gasteiger charge is -2.09. The van der Waals surface area contributed by atoms with Crippen molar-refractivity contribution in [3.63, 3.8) is 0 Å². The topological polar surface area (TPSA) is 32.3 Å². The summed E-state index contributed by atoms with van der Waals surface area (Å²) in [6, 6.07) is 0. The average Bonchev–Trinajstić information content (AvgIpc) is 2.59. The first-order chi connectivity index (χ1) is 4.87. The number of aliphatic hydroxyl groups is 1. The van der Waals surface area contributed by atoms with Gasteiger partial charge >= 0.3 is 0 Å². The van der Waals surface area contributed by atoms with Crippen molar-refractivity contribution >= 4 is 0 Å². The summed E-state index contributed by atoms with van der Waals surface area (Å²) in [5, 5.41) is 12.4. The van der Waals surface area contributed by atoms with E-state index in [0.29, 0.717) is 12.0 Å². The molecule has 2 atom stereocenters. The van der Waals surface area contributed by atoms with E-state index in [-0.39, 0.29) is 0 Å². The summed E-state index contributed by atoms with van der Waals surface area (Å²) in [5.41, 5.74) is 0.365. The minimum atomic E-state index is 0.365. The first-order valence-corrected chi connectivity index (χ1v) is 4.19. The lowest BCUT2D eigenvalue weighted by atomic mass is 10.0. The van der Waals surface area contributed by atoms with Gasteiger partial charge in [-0.15, -0.1) is 0 Å². The molecular weight excluding hydrogens is 126 g/mol. The predicted octanol–water partition coefficient (Wildman–Crippen LogP) is 0.368. The molecule has 2 rings (SSSR count). The van der Waals surface area contributed by atoms with Gasteiger partial charge in [0.1, 0.15) is 0 Å². The van der Waals surface area contributed by atoms with E-state index in [2.05, 4.69) is 5.32 Å². The summed E-state index contributed by atoms with van der Waals surface area (Å²) in [4.78, 5) is 0. The van der Waals surface area contributed by atoms with Crippen LogP contribution < -0.4 is 5.32 Å². The Morgan fingerprint density at radius 2 is 2.40 bits per heavy atom. The summed E-state index contributed by atoms with van der Waals surface area (Å²) in [6.45, 7) is 2.68. The van der Waals surface area contributed by atoms with Crippen LogP contribution >= 0.6 is 0 Å². The van der Waals surface area contributed by atoms with Gasteiger partial charge in [0.2, 0.25) is 0 Å². The molecule has 0 aromatic carbocycles. The molecule has 1 saturated carbocycles. The maximum Gasteiger partial charge on any atom is 0.0490 e. The maximum absolute atomic E-state index is 9.09. The highest BCUT2D eigenvalue weighted by Crippen LogP contribution is 2.57. The first kappa shape index (κ1) is 6.62. The van der Waals surface area contributed by atoms with Gasteiger partial charge in [-0.25, -0.2) is 0 Å². The molecule has 0 aromatic heterocycles. The molecule has 2 N–H and O–H groups in total. The van der Waals surface area contributed by atoms with Gasteiger partial charge in [-0.2, -0.15) is 0 Å². The van der Waals surface area contributed by atoms with Crippen LogP contribution in [0.15, 0.2) is 0 Å². The van der Waals surface area contributed by atoms with Gasteiger partial charge in [0, 0.05) is 6.61 Å². The zero-order valence-corrected chi connectivity index (χ0v) is 6.27. The van der Waals surface area contributed by atoms with E-state index >= 15 is 0 Å². The van der Waals surface area contributed by atoms with Crippen molar-refractivity contribution < 1.29 is 5.11 Å². The van der Waals surface area contributed by atoms with Crippen LogP contribution in [0.3, 0.4) is 0 Å². The van der Waals surface area contributed by atoms with Crippen LogP contribution in [0.1, 0.15) is 19.3 Å². The van der Waals surface area contributed by atoms with E-state index in [9.17, 15) is 0 Å². The highest BCUT2D eigenvalue weighted by molar-refractivity contribution is 5.03. The summed E-state index contributed by atoms with van der Waals surface area (Å²) in [6.07, 6.45) is 3.75. The van der Waals surface area contributed by atoms with E-state index in [1.165, 1.54) is 19.3 Å². The van der Waals surface area contributed by atoms with Crippen molar-refractivity contribution in [1.82, 2.24) is 5.32 Å². The van der Waals surface area contributed by atoms with Gasteiger partial charge in [-0.1, -0.05) is 0 Å². The van der Waals surface area contributed by atoms with E-state index in [4.69, 9.17) is 5.11 Å². The van der Waals surface area contributed by atoms with Gasteiger partial charge in [0.15, 0.2) is 0 Å². The molecule has 1 aliphatic carbocycles. The van der Waals surface area contributed by atoms with Gasteiger partial charge in [0.25, 0.3) is 0 Å². The second kappa shape index (κ2) is 2.21. The van der Waals surface area contributed by atoms with E-state index < -0.39 is 0 Å². The lowest BCUT2D eigenvalue weighted by molar-refractivity contribution is 0.193. The van der Waals surface area contributed by atoms with Crippen LogP contribution in [0.2, 0.25) is 0 Å². The fraction of sp³-hybridized carbons (Fsp3) is 1.00. The fourth-order valence-electron chi connectivity index (χ4n) is 2.16. The molecular formula is C8H15NO. The molecule has 2 heteroatoms. The number of hydrogen-bond acceptors (Lipinski definition) is 2. The van der Waals surface area contributed by atoms with Gasteiger partial charge in [-0.05, 0) is 43.7 Å². The number of rotatable bonds is 1. The van der Waals surface area contributed by atoms with Crippen molar-refractivity contribution in [3.05, 3.63) is 0 Å². The summed E-state index contributed by atoms with van der Waals surface area (Å²) >= 11 is 0. The van der Waals surface area contributed by atoms with Crippen LogP contribution in [-0.4, -0.2) is 24.8 Å². The third kappa shape index (κ3) is 0.867. The van der Waals surface area contributed by atoms with Crippen molar-refractivity contribution in [2.24, 2.45) is 11.3 Å². The van der Waals surface area contributed by atoms with Crippen LogP contribution in [0, 0.1) is 11.3 Å². The van der Waals surface area contributed by atoms with E-state index in [1.54, 1.807) is 0 Å². The van der Waals surface area contributed by atoms with Crippen LogP contribution in [0.5, 0.6) is 0 Å². The Balaban J connectivity index is 1.99. The third-order valence-electron chi connectivity index (χ3n) is 3.14. The molecule has 0 aromatic rings. The molecule has 1 heterocycles. The molecule has 2 unspecified atom stereocenters. The molecule has 2 nitrogen and oxygen atoms in total. The molecule has 0 radical (unpaired) electrons. The van der Waals surface area contributed by atoms with Crippen molar-refractivity contribution in [3.8, 4) is 0 Å². The van der Waals surface area contributed by atoms with Crippen molar-refractivity contribution in [2.75, 3.05) is 19.7 Å². The average molecular weight is 141 g/mol. The number of nitrogens with one attached hydrogen (secondary N) is 1. The largest absolute Gasteiger partial charge is 0.396 e. The Morgan fingerprint density at radius 1 is 1.50 bits per heavy atom. The summed E-state index contributed by atoms with van der Waals surface area (Å²) < 4.78 is 0. The van der Waals surface area contributed by atoms with Gasteiger partial charge in [-0.3, -0.25) is 0 Å². The zero-order valence-electron chi connectivity index (χ0n) is 6.27. The lowest BCUT2D eigenvalue weighted by Crippen LogP contribution is -2.17. The normalized spacial score (nSPS) is 45.9. The number of hydrogen-bond donors (Lipinski definition) is 2. The minimum absolute atomic E-state index is 0.365. The summed E-state index contributed by atoms with van der Waals surface area (Å²) in [7, 11) is 0. The Kier molecular flexibility index (Phi) is 1.46. The minimum Gasteiger partial charge on any atom is -0.396 e. The molecule has 0 amide bonds. The first-order valence-electron chi connectivity index (χ1n) is 4.19. The summed E-state index contributed by atoms with van der Waals surface area (Å²) in [5.74, 6) is 0.840. The molecule has 0 bridgehead atoms. The van der Waals surface area contributed by atoms with Gasteiger partial charge < -0.3 is 10.4 Å². The third-order valence-corrected chi connectivity index (χ3v) is 3.14. The second-order valence-electron chi connectivity index (χ2n) is 3.71. The fourth-order valence-corrected chi connectivity index (χ4v) is 2.16. The predicted molar refractivity (Wildman–Crippen MR) is 39.7 cm³/mol. The molecule has 2 aliphatic rings. The molecule has 1 aliphatic heterocycles. The Labute approximate surface area is 61.6 Å². The van der Waals surface area contributed by atoms with Crippen molar-refractivity contribution in [1.29, 1.82) is 0 Å². The molecule has 1 saturated heterocycles. The number of aliphatic hydroxyl groups excluding tert-OH is 1. The van der Waals surface area contributed by atoms with Crippen LogP contribution in [0.4, 0.5) is 0 Å². The smallest absolute Gasteiger partial charge is 0.0490 e. The Morgan fingerprint density at radius 3 is 3.20 bits per heavy atom. The van der Waals surface area contributed by atoms with E-state index in [1.807, 2.05) is 0 Å². The highest BCUT2D eigenvalue weighted by Gasteiger charge is 2.52. The molecule has 10 heavy (non-hydrogen) atoms. The Hall–Kier alpha value is -0.0800. The van der Waals surface area contributed by atoms with Gasteiger partial charge in [0.05, 0.1) is 0 Å². The molecule has 0 spiro atoms. The monoisotopic (exact) mass is 141 g/mol. The molecule has 2 fully saturated rings. The Bertz CT molecular complexity index is 135. The quantitative estimate of drug-likeness (QED) is 0.553. The van der Waals surface area contributed by atoms with Crippen LogP contribution in [0.25, 0.3) is 0 Å². The SMILES string of the molecule is OCC12CCNCCC1C2. The second-order valence-corrected chi connectivity index (χ2v) is 3.71. The maximum atomic E-state index is 9.09. The number of fused-ring (bicyclic) bond motifs is 1. The molecule has 58 valence electrons.